The molecule has 0 saturated heterocycles. The Kier molecular flexibility index (Phi) is 4.98. The third kappa shape index (κ3) is 3.22. The monoisotopic (exact) mass is 413 g/mol. The molecule has 4 aromatic heterocycles. The maximum absolute atomic E-state index is 12.7. The van der Waals surface area contributed by atoms with Crippen LogP contribution in [0.2, 0.25) is 0 Å². The summed E-state index contributed by atoms with van der Waals surface area (Å²) in [7, 11) is 0.707. The standard InChI is InChI=1S/C18H19N7OS2/c1-5-28(26)13-6-7-14(25-10-20-18(23-25)27-4)22-15(13)17-21-12-8-11(2)9-19-16(12)24(17)3/h6-10H,5H2,1-4H3. The predicted octanol–water partition coefficient (Wildman–Crippen LogP) is 2.77. The first-order valence-electron chi connectivity index (χ1n) is 8.66. The van der Waals surface area contributed by atoms with Crippen molar-refractivity contribution in [1.29, 1.82) is 0 Å². The lowest BCUT2D eigenvalue weighted by Gasteiger charge is -2.10. The van der Waals surface area contributed by atoms with E-state index in [1.54, 1.807) is 17.1 Å². The highest BCUT2D eigenvalue weighted by atomic mass is 32.2. The van der Waals surface area contributed by atoms with Gasteiger partial charge >= 0.3 is 0 Å². The van der Waals surface area contributed by atoms with Gasteiger partial charge in [-0.05, 0) is 36.9 Å². The van der Waals surface area contributed by atoms with Gasteiger partial charge in [-0.15, -0.1) is 5.10 Å². The molecule has 4 rings (SSSR count). The molecule has 1 unspecified atom stereocenters. The zero-order valence-corrected chi connectivity index (χ0v) is 17.6. The molecule has 8 nitrogen and oxygen atoms in total. The second-order valence-corrected chi connectivity index (χ2v) is 8.66. The summed E-state index contributed by atoms with van der Waals surface area (Å²) < 4.78 is 16.2. The van der Waals surface area contributed by atoms with Crippen LogP contribution < -0.4 is 0 Å². The molecule has 1 atom stereocenters. The SMILES string of the molecule is CCS(=O)c1ccc(-n2cnc(SC)n2)nc1-c1nc2cc(C)cnc2n1C. The molecule has 144 valence electrons. The van der Waals surface area contributed by atoms with E-state index in [0.717, 1.165) is 16.7 Å². The van der Waals surface area contributed by atoms with Crippen LogP contribution in [0.15, 0.2) is 40.8 Å². The average Bonchev–Trinajstić information content (AvgIpc) is 3.31. The maximum atomic E-state index is 12.7. The summed E-state index contributed by atoms with van der Waals surface area (Å²) in [6.45, 7) is 3.86. The topological polar surface area (TPSA) is 91.4 Å². The third-order valence-corrected chi connectivity index (χ3v) is 6.19. The van der Waals surface area contributed by atoms with Crippen molar-refractivity contribution in [2.45, 2.75) is 23.9 Å². The van der Waals surface area contributed by atoms with E-state index >= 15 is 0 Å². The van der Waals surface area contributed by atoms with Gasteiger partial charge in [-0.25, -0.2) is 24.6 Å². The summed E-state index contributed by atoms with van der Waals surface area (Å²) in [5.41, 5.74) is 3.13. The molecule has 0 radical (unpaired) electrons. The summed E-state index contributed by atoms with van der Waals surface area (Å²) >= 11 is 1.46. The molecule has 10 heteroatoms. The molecular weight excluding hydrogens is 394 g/mol. The van der Waals surface area contributed by atoms with E-state index in [4.69, 9.17) is 9.97 Å². The molecular formula is C18H19N7OS2. The van der Waals surface area contributed by atoms with Crippen molar-refractivity contribution < 1.29 is 4.21 Å². The van der Waals surface area contributed by atoms with E-state index in [1.807, 2.05) is 50.0 Å². The van der Waals surface area contributed by atoms with Crippen molar-refractivity contribution in [3.63, 3.8) is 0 Å². The number of hydrogen-bond acceptors (Lipinski definition) is 7. The molecule has 0 aliphatic rings. The van der Waals surface area contributed by atoms with E-state index in [9.17, 15) is 4.21 Å². The lowest BCUT2D eigenvalue weighted by Crippen LogP contribution is -2.07. The van der Waals surface area contributed by atoms with Gasteiger partial charge in [0.05, 0.1) is 15.7 Å². The first-order valence-corrected chi connectivity index (χ1v) is 11.2. The minimum atomic E-state index is -1.18. The number of nitrogens with zero attached hydrogens (tertiary/aromatic N) is 7. The summed E-state index contributed by atoms with van der Waals surface area (Å²) in [5, 5.41) is 5.06. The summed E-state index contributed by atoms with van der Waals surface area (Å²) in [4.78, 5) is 18.8. The van der Waals surface area contributed by atoms with Crippen LogP contribution in [-0.4, -0.2) is 50.5 Å². The minimum absolute atomic E-state index is 0.495. The van der Waals surface area contributed by atoms with Crippen LogP contribution >= 0.6 is 11.8 Å². The van der Waals surface area contributed by atoms with Gasteiger partial charge in [0, 0.05) is 19.0 Å². The van der Waals surface area contributed by atoms with Gasteiger partial charge < -0.3 is 4.57 Å². The second kappa shape index (κ2) is 7.44. The molecule has 0 saturated carbocycles. The Hall–Kier alpha value is -2.59. The Morgan fingerprint density at radius 2 is 2.04 bits per heavy atom. The van der Waals surface area contributed by atoms with Gasteiger partial charge in [0.2, 0.25) is 5.16 Å². The lowest BCUT2D eigenvalue weighted by molar-refractivity contribution is 0.683. The van der Waals surface area contributed by atoms with Gasteiger partial charge in [0.25, 0.3) is 0 Å². The third-order valence-electron chi connectivity index (χ3n) is 4.30. The fourth-order valence-corrected chi connectivity index (χ4v) is 4.11. The van der Waals surface area contributed by atoms with E-state index in [0.29, 0.717) is 33.1 Å². The first-order chi connectivity index (χ1) is 13.5. The Bertz CT molecular complexity index is 1200. The van der Waals surface area contributed by atoms with E-state index < -0.39 is 10.8 Å². The van der Waals surface area contributed by atoms with E-state index in [1.165, 1.54) is 11.8 Å². The van der Waals surface area contributed by atoms with Crippen LogP contribution in [0, 0.1) is 6.92 Å². The maximum Gasteiger partial charge on any atom is 0.208 e. The van der Waals surface area contributed by atoms with E-state index in [2.05, 4.69) is 15.1 Å². The van der Waals surface area contributed by atoms with Crippen molar-refractivity contribution in [2.75, 3.05) is 12.0 Å². The van der Waals surface area contributed by atoms with Crippen LogP contribution in [0.3, 0.4) is 0 Å². The first kappa shape index (κ1) is 18.8. The largest absolute Gasteiger partial charge is 0.310 e. The number of aryl methyl sites for hydroxylation is 2. The summed E-state index contributed by atoms with van der Waals surface area (Å²) in [6, 6.07) is 5.61. The number of imidazole rings is 1. The zero-order valence-electron chi connectivity index (χ0n) is 15.9. The van der Waals surface area contributed by atoms with Crippen molar-refractivity contribution in [3.8, 4) is 17.3 Å². The molecule has 0 bridgehead atoms. The van der Waals surface area contributed by atoms with Crippen LogP contribution in [0.5, 0.6) is 0 Å². The Balaban J connectivity index is 1.94. The minimum Gasteiger partial charge on any atom is -0.310 e. The smallest absolute Gasteiger partial charge is 0.208 e. The quantitative estimate of drug-likeness (QED) is 0.465. The fraction of sp³-hybridized carbons (Fsp3) is 0.278. The number of aromatic nitrogens is 7. The molecule has 0 aromatic carbocycles. The molecule has 0 aliphatic carbocycles. The van der Waals surface area contributed by atoms with Crippen molar-refractivity contribution in [2.24, 2.45) is 7.05 Å². The molecule has 28 heavy (non-hydrogen) atoms. The average molecular weight is 414 g/mol. The van der Waals surface area contributed by atoms with Crippen LogP contribution in [-0.2, 0) is 17.8 Å². The Morgan fingerprint density at radius 3 is 2.75 bits per heavy atom. The number of rotatable bonds is 5. The highest BCUT2D eigenvalue weighted by Gasteiger charge is 2.20. The molecule has 4 heterocycles. The highest BCUT2D eigenvalue weighted by Crippen LogP contribution is 2.28. The Labute approximate surface area is 168 Å². The second-order valence-electron chi connectivity index (χ2n) is 6.18. The van der Waals surface area contributed by atoms with Crippen LogP contribution in [0.25, 0.3) is 28.5 Å². The molecule has 0 amide bonds. The number of fused-ring (bicyclic) bond motifs is 1. The molecule has 0 spiro atoms. The predicted molar refractivity (Wildman–Crippen MR) is 110 cm³/mol. The Morgan fingerprint density at radius 1 is 1.21 bits per heavy atom. The van der Waals surface area contributed by atoms with Crippen molar-refractivity contribution in [3.05, 3.63) is 36.3 Å². The number of thioether (sulfide) groups is 1. The zero-order chi connectivity index (χ0) is 19.8. The van der Waals surface area contributed by atoms with Gasteiger partial charge in [-0.3, -0.25) is 4.21 Å². The lowest BCUT2D eigenvalue weighted by atomic mass is 10.3. The molecule has 0 N–H and O–H groups in total. The molecule has 0 fully saturated rings. The normalized spacial score (nSPS) is 12.6. The van der Waals surface area contributed by atoms with Gasteiger partial charge in [-0.1, -0.05) is 18.7 Å². The summed E-state index contributed by atoms with van der Waals surface area (Å²) in [6.07, 6.45) is 5.34. The van der Waals surface area contributed by atoms with Crippen LogP contribution in [0.4, 0.5) is 0 Å². The number of hydrogen-bond donors (Lipinski definition) is 0. The van der Waals surface area contributed by atoms with Crippen molar-refractivity contribution >= 4 is 33.7 Å². The van der Waals surface area contributed by atoms with Gasteiger partial charge in [0.1, 0.15) is 17.5 Å². The van der Waals surface area contributed by atoms with Crippen LogP contribution in [0.1, 0.15) is 12.5 Å². The summed E-state index contributed by atoms with van der Waals surface area (Å²) in [5.74, 6) is 1.71. The highest BCUT2D eigenvalue weighted by molar-refractivity contribution is 7.98. The molecule has 0 aliphatic heterocycles. The van der Waals surface area contributed by atoms with E-state index in [-0.39, 0.29) is 0 Å². The molecule has 4 aromatic rings. The number of pyridine rings is 2. The van der Waals surface area contributed by atoms with Crippen molar-refractivity contribution in [1.82, 2.24) is 34.3 Å². The van der Waals surface area contributed by atoms with Gasteiger partial charge in [0.15, 0.2) is 17.3 Å². The fourth-order valence-electron chi connectivity index (χ4n) is 2.90. The van der Waals surface area contributed by atoms with Gasteiger partial charge in [-0.2, -0.15) is 0 Å².